The first-order valence-corrected chi connectivity index (χ1v) is 12.4. The van der Waals surface area contributed by atoms with Crippen molar-refractivity contribution in [3.63, 3.8) is 0 Å². The van der Waals surface area contributed by atoms with Gasteiger partial charge in [-0.1, -0.05) is 42.8 Å². The van der Waals surface area contributed by atoms with Crippen molar-refractivity contribution in [2.45, 2.75) is 35.5 Å². The molecule has 0 spiro atoms. The summed E-state index contributed by atoms with van der Waals surface area (Å²) in [5.41, 5.74) is 0. The fourth-order valence-electron chi connectivity index (χ4n) is 3.59. The van der Waals surface area contributed by atoms with Gasteiger partial charge >= 0.3 is 0 Å². The molecule has 28 heavy (non-hydrogen) atoms. The number of rotatable bonds is 8. The van der Waals surface area contributed by atoms with Crippen LogP contribution in [-0.2, 0) is 20.0 Å². The highest BCUT2D eigenvalue weighted by Crippen LogP contribution is 2.29. The van der Waals surface area contributed by atoms with Crippen molar-refractivity contribution in [1.29, 1.82) is 0 Å². The molecule has 0 aliphatic heterocycles. The molecule has 6 nitrogen and oxygen atoms in total. The zero-order chi connectivity index (χ0) is 20.0. The lowest BCUT2D eigenvalue weighted by Crippen LogP contribution is -2.35. The van der Waals surface area contributed by atoms with Crippen LogP contribution in [0.15, 0.2) is 70.5 Å². The molecule has 3 rings (SSSR count). The summed E-state index contributed by atoms with van der Waals surface area (Å²) in [6, 6.07) is 16.6. The summed E-state index contributed by atoms with van der Waals surface area (Å²) < 4.78 is 54.9. The van der Waals surface area contributed by atoms with E-state index >= 15 is 0 Å². The number of hydrogen-bond acceptors (Lipinski definition) is 4. The van der Waals surface area contributed by atoms with Crippen molar-refractivity contribution in [3.8, 4) is 0 Å². The first-order valence-electron chi connectivity index (χ1n) is 9.46. The van der Waals surface area contributed by atoms with Crippen LogP contribution in [0, 0.1) is 11.8 Å². The Morgan fingerprint density at radius 3 is 1.46 bits per heavy atom. The van der Waals surface area contributed by atoms with Crippen LogP contribution in [0.3, 0.4) is 0 Å². The molecule has 0 bridgehead atoms. The Labute approximate surface area is 167 Å². The molecule has 2 aromatic carbocycles. The third-order valence-corrected chi connectivity index (χ3v) is 8.00. The van der Waals surface area contributed by atoms with E-state index < -0.39 is 20.0 Å². The number of nitrogens with one attached hydrogen (secondary N) is 2. The van der Waals surface area contributed by atoms with E-state index in [0.717, 1.165) is 25.7 Å². The highest BCUT2D eigenvalue weighted by atomic mass is 32.2. The summed E-state index contributed by atoms with van der Waals surface area (Å²) in [6.45, 7) is 0.748. The Morgan fingerprint density at radius 2 is 1.07 bits per heavy atom. The standard InChI is InChI=1S/C20H26N2O4S2/c23-27(24,19-10-3-1-4-11-19)21-15-17-8-7-9-18(14-17)16-22-28(25,26)20-12-5-2-6-13-20/h1-6,10-13,17-18,21-22H,7-9,14-16H2/t17-,18-/m0/s1. The lowest BCUT2D eigenvalue weighted by molar-refractivity contribution is 0.268. The van der Waals surface area contributed by atoms with Crippen molar-refractivity contribution < 1.29 is 16.8 Å². The Kier molecular flexibility index (Phi) is 6.87. The Hall–Kier alpha value is -1.74. The molecule has 1 aliphatic rings. The smallest absolute Gasteiger partial charge is 0.211 e. The summed E-state index contributed by atoms with van der Waals surface area (Å²) in [5, 5.41) is 0. The van der Waals surface area contributed by atoms with Crippen molar-refractivity contribution >= 4 is 20.0 Å². The average Bonchev–Trinajstić information content (AvgIpc) is 2.73. The van der Waals surface area contributed by atoms with Gasteiger partial charge in [-0.25, -0.2) is 26.3 Å². The minimum atomic E-state index is -3.51. The highest BCUT2D eigenvalue weighted by Gasteiger charge is 2.25. The largest absolute Gasteiger partial charge is 0.240 e. The maximum atomic E-state index is 12.4. The second-order valence-corrected chi connectivity index (χ2v) is 10.8. The predicted octanol–water partition coefficient (Wildman–Crippen LogP) is 2.75. The summed E-state index contributed by atoms with van der Waals surface area (Å²) in [6.07, 6.45) is 3.66. The van der Waals surface area contributed by atoms with Gasteiger partial charge in [0.1, 0.15) is 0 Å². The fraction of sp³-hybridized carbons (Fsp3) is 0.400. The molecule has 2 atom stereocenters. The van der Waals surface area contributed by atoms with Gasteiger partial charge in [0.2, 0.25) is 20.0 Å². The van der Waals surface area contributed by atoms with E-state index in [9.17, 15) is 16.8 Å². The van der Waals surface area contributed by atoms with Crippen LogP contribution in [0.5, 0.6) is 0 Å². The molecule has 1 aliphatic carbocycles. The monoisotopic (exact) mass is 422 g/mol. The van der Waals surface area contributed by atoms with Crippen molar-refractivity contribution in [2.24, 2.45) is 11.8 Å². The minimum absolute atomic E-state index is 0.207. The molecular formula is C20H26N2O4S2. The lowest BCUT2D eigenvalue weighted by atomic mass is 9.81. The Bertz CT molecular complexity index is 882. The number of sulfonamides is 2. The number of benzene rings is 2. The van der Waals surface area contributed by atoms with E-state index in [-0.39, 0.29) is 21.6 Å². The molecule has 0 radical (unpaired) electrons. The van der Waals surface area contributed by atoms with Crippen molar-refractivity contribution in [2.75, 3.05) is 13.1 Å². The molecule has 0 amide bonds. The fourth-order valence-corrected chi connectivity index (χ4v) is 5.87. The molecular weight excluding hydrogens is 396 g/mol. The van der Waals surface area contributed by atoms with Gasteiger partial charge in [0.15, 0.2) is 0 Å². The van der Waals surface area contributed by atoms with Gasteiger partial charge in [0.25, 0.3) is 0 Å². The highest BCUT2D eigenvalue weighted by molar-refractivity contribution is 7.89. The molecule has 0 saturated heterocycles. The van der Waals surface area contributed by atoms with Gasteiger partial charge in [-0.3, -0.25) is 0 Å². The van der Waals surface area contributed by atoms with Crippen molar-refractivity contribution in [1.82, 2.24) is 9.44 Å². The van der Waals surface area contributed by atoms with E-state index in [1.807, 2.05) is 0 Å². The van der Waals surface area contributed by atoms with Gasteiger partial charge < -0.3 is 0 Å². The molecule has 1 saturated carbocycles. The third kappa shape index (κ3) is 5.64. The number of hydrogen-bond donors (Lipinski definition) is 2. The first-order chi connectivity index (χ1) is 13.4. The van der Waals surface area contributed by atoms with Crippen LogP contribution in [0.4, 0.5) is 0 Å². The molecule has 2 aromatic rings. The van der Waals surface area contributed by atoms with Crippen LogP contribution in [-0.4, -0.2) is 29.9 Å². The van der Waals surface area contributed by atoms with Crippen LogP contribution in [0.2, 0.25) is 0 Å². The normalized spacial score (nSPS) is 20.7. The predicted molar refractivity (Wildman–Crippen MR) is 109 cm³/mol. The third-order valence-electron chi connectivity index (χ3n) is 5.12. The van der Waals surface area contributed by atoms with Crippen LogP contribution in [0.25, 0.3) is 0 Å². The summed E-state index contributed by atoms with van der Waals surface area (Å²) in [4.78, 5) is 0.524. The average molecular weight is 423 g/mol. The van der Waals surface area contributed by atoms with E-state index in [2.05, 4.69) is 9.44 Å². The zero-order valence-electron chi connectivity index (χ0n) is 15.6. The second-order valence-electron chi connectivity index (χ2n) is 7.23. The zero-order valence-corrected chi connectivity index (χ0v) is 17.3. The Balaban J connectivity index is 1.52. The molecule has 0 aromatic heterocycles. The van der Waals surface area contributed by atoms with Gasteiger partial charge in [0.05, 0.1) is 9.79 Å². The van der Waals surface area contributed by atoms with Crippen LogP contribution >= 0.6 is 0 Å². The molecule has 152 valence electrons. The Morgan fingerprint density at radius 1 is 0.679 bits per heavy atom. The maximum Gasteiger partial charge on any atom is 0.240 e. The minimum Gasteiger partial charge on any atom is -0.211 e. The molecule has 8 heteroatoms. The van der Waals surface area contributed by atoms with Crippen LogP contribution in [0.1, 0.15) is 25.7 Å². The lowest BCUT2D eigenvalue weighted by Gasteiger charge is -2.29. The first kappa shape index (κ1) is 21.0. The topological polar surface area (TPSA) is 92.3 Å². The quantitative estimate of drug-likeness (QED) is 0.684. The van der Waals surface area contributed by atoms with E-state index in [1.165, 1.54) is 0 Å². The van der Waals surface area contributed by atoms with Crippen LogP contribution < -0.4 is 9.44 Å². The second kappa shape index (κ2) is 9.17. The molecule has 0 unspecified atom stereocenters. The van der Waals surface area contributed by atoms with E-state index in [0.29, 0.717) is 13.1 Å². The van der Waals surface area contributed by atoms with Crippen molar-refractivity contribution in [3.05, 3.63) is 60.7 Å². The van der Waals surface area contributed by atoms with E-state index in [1.54, 1.807) is 60.7 Å². The summed E-state index contributed by atoms with van der Waals surface area (Å²) in [7, 11) is -7.02. The van der Waals surface area contributed by atoms with Gasteiger partial charge in [-0.2, -0.15) is 0 Å². The van der Waals surface area contributed by atoms with Gasteiger partial charge in [0, 0.05) is 13.1 Å². The SMILES string of the molecule is O=S(=O)(NC[C@H]1CCC[C@H](CNS(=O)(=O)c2ccccc2)C1)c1ccccc1. The maximum absolute atomic E-state index is 12.4. The molecule has 2 N–H and O–H groups in total. The summed E-state index contributed by atoms with van der Waals surface area (Å²) in [5.74, 6) is 0.414. The van der Waals surface area contributed by atoms with Gasteiger partial charge in [-0.05, 0) is 55.4 Å². The molecule has 1 fully saturated rings. The van der Waals surface area contributed by atoms with Gasteiger partial charge in [-0.15, -0.1) is 0 Å². The summed E-state index contributed by atoms with van der Waals surface area (Å²) >= 11 is 0. The van der Waals surface area contributed by atoms with E-state index in [4.69, 9.17) is 0 Å². The molecule has 0 heterocycles.